The normalized spacial score (nSPS) is 11.5. The molecule has 114 valence electrons. The summed E-state index contributed by atoms with van der Waals surface area (Å²) in [6, 6.07) is 14.4. The van der Waals surface area contributed by atoms with E-state index in [1.807, 2.05) is 30.3 Å². The number of nitrogens with one attached hydrogen (secondary N) is 2. The zero-order chi connectivity index (χ0) is 15.9. The van der Waals surface area contributed by atoms with E-state index in [4.69, 9.17) is 0 Å². The predicted octanol–water partition coefficient (Wildman–Crippen LogP) is 3.03. The second kappa shape index (κ2) is 7.36. The third kappa shape index (κ3) is 4.70. The summed E-state index contributed by atoms with van der Waals surface area (Å²) in [5.74, 6) is -0.823. The van der Waals surface area contributed by atoms with Crippen molar-refractivity contribution in [3.05, 3.63) is 66.0 Å². The molecule has 0 saturated heterocycles. The number of benzene rings is 2. The molecule has 0 aliphatic rings. The Hall–Kier alpha value is -2.69. The Balaban J connectivity index is 2.04. The van der Waals surface area contributed by atoms with Crippen LogP contribution in [0.5, 0.6) is 0 Å². The van der Waals surface area contributed by atoms with Gasteiger partial charge < -0.3 is 10.6 Å². The van der Waals surface area contributed by atoms with Crippen LogP contribution in [0.2, 0.25) is 0 Å². The number of halogens is 1. The molecule has 2 aromatic carbocycles. The number of anilines is 1. The van der Waals surface area contributed by atoms with E-state index in [-0.39, 0.29) is 24.1 Å². The molecule has 0 saturated carbocycles. The summed E-state index contributed by atoms with van der Waals surface area (Å²) in [5, 5.41) is 5.45. The molecule has 0 spiro atoms. The standard InChI is InChI=1S/C17H17FN2O2/c1-12(21)19-16(13-5-3-2-4-6-13)11-17(22)20-15-9-7-14(18)8-10-15/h2-10,16H,11H2,1H3,(H,19,21)(H,20,22). The van der Waals surface area contributed by atoms with Crippen molar-refractivity contribution >= 4 is 17.5 Å². The van der Waals surface area contributed by atoms with Crippen LogP contribution in [0.1, 0.15) is 24.9 Å². The minimum absolute atomic E-state index is 0.0982. The minimum atomic E-state index is -0.404. The Morgan fingerprint density at radius 1 is 1.05 bits per heavy atom. The highest BCUT2D eigenvalue weighted by Crippen LogP contribution is 2.18. The third-order valence-corrected chi connectivity index (χ3v) is 3.10. The highest BCUT2D eigenvalue weighted by Gasteiger charge is 2.17. The quantitative estimate of drug-likeness (QED) is 0.891. The van der Waals surface area contributed by atoms with Crippen molar-refractivity contribution in [3.63, 3.8) is 0 Å². The lowest BCUT2D eigenvalue weighted by atomic mass is 10.0. The summed E-state index contributed by atoms with van der Waals surface area (Å²) in [5.41, 5.74) is 1.37. The zero-order valence-electron chi connectivity index (χ0n) is 12.2. The van der Waals surface area contributed by atoms with E-state index < -0.39 is 6.04 Å². The van der Waals surface area contributed by atoms with Crippen molar-refractivity contribution in [1.82, 2.24) is 5.32 Å². The van der Waals surface area contributed by atoms with Crippen molar-refractivity contribution < 1.29 is 14.0 Å². The number of carbonyl (C=O) groups is 2. The molecule has 0 aliphatic heterocycles. The second-order valence-corrected chi connectivity index (χ2v) is 4.92. The summed E-state index contributed by atoms with van der Waals surface area (Å²) in [7, 11) is 0. The second-order valence-electron chi connectivity index (χ2n) is 4.92. The molecule has 2 N–H and O–H groups in total. The average molecular weight is 300 g/mol. The first-order valence-electron chi connectivity index (χ1n) is 6.92. The summed E-state index contributed by atoms with van der Waals surface area (Å²) in [4.78, 5) is 23.4. The molecule has 0 fully saturated rings. The topological polar surface area (TPSA) is 58.2 Å². The number of carbonyl (C=O) groups excluding carboxylic acids is 2. The van der Waals surface area contributed by atoms with Crippen LogP contribution < -0.4 is 10.6 Å². The highest BCUT2D eigenvalue weighted by atomic mass is 19.1. The highest BCUT2D eigenvalue weighted by molar-refractivity contribution is 5.91. The molecule has 0 bridgehead atoms. The van der Waals surface area contributed by atoms with Crippen LogP contribution in [0, 0.1) is 5.82 Å². The lowest BCUT2D eigenvalue weighted by Crippen LogP contribution is -2.29. The van der Waals surface area contributed by atoms with Gasteiger partial charge in [-0.2, -0.15) is 0 Å². The minimum Gasteiger partial charge on any atom is -0.349 e. The van der Waals surface area contributed by atoms with Crippen LogP contribution in [-0.2, 0) is 9.59 Å². The number of hydrogen-bond donors (Lipinski definition) is 2. The number of hydrogen-bond acceptors (Lipinski definition) is 2. The van der Waals surface area contributed by atoms with Gasteiger partial charge in [0.15, 0.2) is 0 Å². The first kappa shape index (κ1) is 15.7. The van der Waals surface area contributed by atoms with Gasteiger partial charge in [0, 0.05) is 12.6 Å². The van der Waals surface area contributed by atoms with E-state index in [2.05, 4.69) is 10.6 Å². The van der Waals surface area contributed by atoms with Crippen LogP contribution in [0.25, 0.3) is 0 Å². The molecule has 0 heterocycles. The van der Waals surface area contributed by atoms with Gasteiger partial charge in [-0.15, -0.1) is 0 Å². The SMILES string of the molecule is CC(=O)NC(CC(=O)Nc1ccc(F)cc1)c1ccccc1. The van der Waals surface area contributed by atoms with E-state index in [1.165, 1.54) is 31.2 Å². The maximum Gasteiger partial charge on any atom is 0.226 e. The van der Waals surface area contributed by atoms with Crippen molar-refractivity contribution in [2.24, 2.45) is 0 Å². The van der Waals surface area contributed by atoms with Crippen LogP contribution >= 0.6 is 0 Å². The third-order valence-electron chi connectivity index (χ3n) is 3.10. The molecular formula is C17H17FN2O2. The molecule has 2 aromatic rings. The van der Waals surface area contributed by atoms with Gasteiger partial charge in [0.2, 0.25) is 11.8 Å². The number of amides is 2. The fourth-order valence-electron chi connectivity index (χ4n) is 2.11. The average Bonchev–Trinajstić information content (AvgIpc) is 2.49. The van der Waals surface area contributed by atoms with Crippen LogP contribution in [0.15, 0.2) is 54.6 Å². The summed E-state index contributed by atoms with van der Waals surface area (Å²) in [6.07, 6.45) is 0.0982. The first-order chi connectivity index (χ1) is 10.5. The van der Waals surface area contributed by atoms with Gasteiger partial charge in [0.05, 0.1) is 12.5 Å². The molecule has 0 radical (unpaired) electrons. The van der Waals surface area contributed by atoms with E-state index >= 15 is 0 Å². The largest absolute Gasteiger partial charge is 0.349 e. The molecule has 1 atom stereocenters. The Bertz CT molecular complexity index is 641. The van der Waals surface area contributed by atoms with Crippen molar-refractivity contribution in [1.29, 1.82) is 0 Å². The van der Waals surface area contributed by atoms with Gasteiger partial charge in [0.1, 0.15) is 5.82 Å². The van der Waals surface area contributed by atoms with E-state index in [1.54, 1.807) is 0 Å². The van der Waals surface area contributed by atoms with Crippen LogP contribution in [-0.4, -0.2) is 11.8 Å². The smallest absolute Gasteiger partial charge is 0.226 e. The monoisotopic (exact) mass is 300 g/mol. The van der Waals surface area contributed by atoms with Gasteiger partial charge >= 0.3 is 0 Å². The predicted molar refractivity (Wildman–Crippen MR) is 82.6 cm³/mol. The fraction of sp³-hybridized carbons (Fsp3) is 0.176. The first-order valence-corrected chi connectivity index (χ1v) is 6.92. The van der Waals surface area contributed by atoms with Crippen LogP contribution in [0.3, 0.4) is 0 Å². The molecule has 22 heavy (non-hydrogen) atoms. The van der Waals surface area contributed by atoms with Crippen LogP contribution in [0.4, 0.5) is 10.1 Å². The number of rotatable bonds is 5. The zero-order valence-corrected chi connectivity index (χ0v) is 12.2. The Kier molecular flexibility index (Phi) is 5.25. The van der Waals surface area contributed by atoms with Gasteiger partial charge in [-0.3, -0.25) is 9.59 Å². The van der Waals surface area contributed by atoms with Gasteiger partial charge in [-0.05, 0) is 29.8 Å². The fourth-order valence-corrected chi connectivity index (χ4v) is 2.11. The van der Waals surface area contributed by atoms with Gasteiger partial charge in [-0.25, -0.2) is 4.39 Å². The maximum absolute atomic E-state index is 12.8. The lowest BCUT2D eigenvalue weighted by molar-refractivity contribution is -0.120. The summed E-state index contributed by atoms with van der Waals surface area (Å²) in [6.45, 7) is 1.41. The van der Waals surface area contributed by atoms with Gasteiger partial charge in [0.25, 0.3) is 0 Å². The van der Waals surface area contributed by atoms with E-state index in [9.17, 15) is 14.0 Å². The molecule has 1 unspecified atom stereocenters. The van der Waals surface area contributed by atoms with Crippen molar-refractivity contribution in [2.75, 3.05) is 5.32 Å². The summed E-state index contributed by atoms with van der Waals surface area (Å²) >= 11 is 0. The molecule has 2 amide bonds. The molecule has 4 nitrogen and oxygen atoms in total. The molecule has 0 aromatic heterocycles. The van der Waals surface area contributed by atoms with E-state index in [0.717, 1.165) is 5.56 Å². The molecule has 0 aliphatic carbocycles. The Labute approximate surface area is 128 Å². The maximum atomic E-state index is 12.8. The Morgan fingerprint density at radius 3 is 2.27 bits per heavy atom. The Morgan fingerprint density at radius 2 is 1.68 bits per heavy atom. The van der Waals surface area contributed by atoms with E-state index in [0.29, 0.717) is 5.69 Å². The molecular weight excluding hydrogens is 283 g/mol. The van der Waals surface area contributed by atoms with Crippen molar-refractivity contribution in [3.8, 4) is 0 Å². The molecule has 2 rings (SSSR count). The van der Waals surface area contributed by atoms with Gasteiger partial charge in [-0.1, -0.05) is 30.3 Å². The molecule has 5 heteroatoms. The van der Waals surface area contributed by atoms with Crippen molar-refractivity contribution in [2.45, 2.75) is 19.4 Å². The summed E-state index contributed by atoms with van der Waals surface area (Å²) < 4.78 is 12.8. The lowest BCUT2D eigenvalue weighted by Gasteiger charge is -2.18.